The molecule has 0 aromatic rings. The molecule has 0 spiro atoms. The minimum absolute atomic E-state index is 1.03. The number of hydrogen-bond acceptors (Lipinski definition) is 1. The van der Waals surface area contributed by atoms with Crippen molar-refractivity contribution in [3.63, 3.8) is 0 Å². The maximum Gasteiger partial charge on any atom is 0.0277 e. The van der Waals surface area contributed by atoms with Crippen LogP contribution in [0.3, 0.4) is 0 Å². The van der Waals surface area contributed by atoms with Crippen LogP contribution in [-0.4, -0.2) is 27.4 Å². The zero-order valence-electron chi connectivity index (χ0n) is 5.39. The summed E-state index contributed by atoms with van der Waals surface area (Å²) in [5, 5.41) is 3.14. The van der Waals surface area contributed by atoms with E-state index >= 15 is 0 Å². The van der Waals surface area contributed by atoms with E-state index in [1.807, 2.05) is 14.1 Å². The van der Waals surface area contributed by atoms with Crippen molar-refractivity contribution in [2.45, 2.75) is 0 Å². The highest BCUT2D eigenvalue weighted by Crippen LogP contribution is 2.32. The van der Waals surface area contributed by atoms with Crippen molar-refractivity contribution in [1.29, 1.82) is 0 Å². The van der Waals surface area contributed by atoms with E-state index < -0.39 is 7.21 Å². The second-order valence-electron chi connectivity index (χ2n) is 1.82. The summed E-state index contributed by atoms with van der Waals surface area (Å²) in [4.78, 5) is 0. The lowest BCUT2D eigenvalue weighted by Gasteiger charge is -2.08. The van der Waals surface area contributed by atoms with E-state index in [-0.39, 0.29) is 0 Å². The second-order valence-corrected chi connectivity index (χ2v) is 5.45. The maximum atomic E-state index is 4.14. The summed E-state index contributed by atoms with van der Waals surface area (Å²) >= 11 is 0. The Kier molecular flexibility index (Phi) is 2.55. The van der Waals surface area contributed by atoms with Crippen LogP contribution in [0.25, 0.3) is 0 Å². The number of rotatable bonds is 1. The van der Waals surface area contributed by atoms with E-state index in [0.717, 1.165) is 0 Å². The number of hydrogen-bond donors (Lipinski definition) is 1. The van der Waals surface area contributed by atoms with Gasteiger partial charge in [0.15, 0.2) is 0 Å². The summed E-state index contributed by atoms with van der Waals surface area (Å²) in [5.74, 6) is 0. The standard InChI is InChI=1S/C4H13N2P/c1-5-7(3,4)6-2/h5H,1-4H3. The third-order valence-corrected chi connectivity index (χ3v) is 3.14. The SMILES string of the molecule is CN=P(C)(C)NC. The molecular weight excluding hydrogens is 107 g/mol. The fourth-order valence-electron chi connectivity index (χ4n) is 0.100. The minimum atomic E-state index is -1.03. The summed E-state index contributed by atoms with van der Waals surface area (Å²) in [6.07, 6.45) is 0. The normalized spacial score (nSPS) is 11.4. The van der Waals surface area contributed by atoms with Crippen LogP contribution in [0.5, 0.6) is 0 Å². The Balaban J connectivity index is 3.85. The molecule has 3 heteroatoms. The predicted molar refractivity (Wildman–Crippen MR) is 36.2 cm³/mol. The molecule has 0 aromatic carbocycles. The average Bonchev–Trinajstić information content (AvgIpc) is 1.68. The molecule has 0 aliphatic rings. The summed E-state index contributed by atoms with van der Waals surface area (Å²) in [6, 6.07) is 0. The fourth-order valence-corrected chi connectivity index (χ4v) is 0.300. The molecule has 1 N–H and O–H groups in total. The van der Waals surface area contributed by atoms with Gasteiger partial charge in [0.1, 0.15) is 0 Å². The zero-order valence-corrected chi connectivity index (χ0v) is 6.29. The lowest BCUT2D eigenvalue weighted by Crippen LogP contribution is -1.98. The van der Waals surface area contributed by atoms with Crippen LogP contribution < -0.4 is 5.09 Å². The van der Waals surface area contributed by atoms with Gasteiger partial charge < -0.3 is 0 Å². The average molecular weight is 120 g/mol. The van der Waals surface area contributed by atoms with Crippen molar-refractivity contribution in [3.05, 3.63) is 0 Å². The molecule has 0 radical (unpaired) electrons. The first-order chi connectivity index (χ1) is 3.12. The van der Waals surface area contributed by atoms with Crippen molar-refractivity contribution in [2.24, 2.45) is 4.74 Å². The van der Waals surface area contributed by atoms with E-state index in [4.69, 9.17) is 0 Å². The van der Waals surface area contributed by atoms with Gasteiger partial charge in [-0.05, 0) is 20.4 Å². The first kappa shape index (κ1) is 7.19. The Hall–Kier alpha value is 0.190. The molecule has 0 aliphatic carbocycles. The molecule has 7 heavy (non-hydrogen) atoms. The molecule has 44 valence electrons. The van der Waals surface area contributed by atoms with Gasteiger partial charge in [0.25, 0.3) is 0 Å². The number of nitrogens with zero attached hydrogens (tertiary/aromatic N) is 1. The Labute approximate surface area is 45.4 Å². The van der Waals surface area contributed by atoms with Gasteiger partial charge in [-0.15, -0.1) is 0 Å². The topological polar surface area (TPSA) is 24.4 Å². The first-order valence-corrected chi connectivity index (χ1v) is 4.90. The molecule has 0 heterocycles. The van der Waals surface area contributed by atoms with Crippen LogP contribution in [0.2, 0.25) is 0 Å². The van der Waals surface area contributed by atoms with Gasteiger partial charge in [0, 0.05) is 14.3 Å². The van der Waals surface area contributed by atoms with Crippen LogP contribution in [0, 0.1) is 0 Å². The van der Waals surface area contributed by atoms with Gasteiger partial charge in [-0.3, -0.25) is 9.83 Å². The van der Waals surface area contributed by atoms with Crippen molar-refractivity contribution in [3.8, 4) is 0 Å². The number of nitrogens with one attached hydrogen (secondary N) is 1. The molecule has 2 nitrogen and oxygen atoms in total. The van der Waals surface area contributed by atoms with E-state index in [1.165, 1.54) is 0 Å². The fraction of sp³-hybridized carbons (Fsp3) is 1.00. The van der Waals surface area contributed by atoms with Gasteiger partial charge in [-0.2, -0.15) is 0 Å². The Morgan fingerprint density at radius 1 is 1.43 bits per heavy atom. The summed E-state index contributed by atoms with van der Waals surface area (Å²) in [7, 11) is 2.77. The smallest absolute Gasteiger partial charge is 0.0277 e. The summed E-state index contributed by atoms with van der Waals surface area (Å²) in [5.41, 5.74) is 0. The van der Waals surface area contributed by atoms with E-state index in [0.29, 0.717) is 0 Å². The Morgan fingerprint density at radius 3 is 1.86 bits per heavy atom. The third kappa shape index (κ3) is 2.84. The molecule has 0 aromatic heterocycles. The van der Waals surface area contributed by atoms with Crippen LogP contribution in [0.15, 0.2) is 4.74 Å². The third-order valence-electron chi connectivity index (χ3n) is 1.05. The van der Waals surface area contributed by atoms with Gasteiger partial charge in [-0.25, -0.2) is 0 Å². The van der Waals surface area contributed by atoms with Crippen molar-refractivity contribution in [1.82, 2.24) is 5.09 Å². The maximum absolute atomic E-state index is 4.14. The molecule has 0 bridgehead atoms. The highest BCUT2D eigenvalue weighted by atomic mass is 31.2. The van der Waals surface area contributed by atoms with Crippen molar-refractivity contribution >= 4 is 7.21 Å². The molecule has 0 unspecified atom stereocenters. The second kappa shape index (κ2) is 2.49. The quantitative estimate of drug-likeness (QED) is 0.517. The highest BCUT2D eigenvalue weighted by molar-refractivity contribution is 7.62. The molecule has 0 fully saturated rings. The van der Waals surface area contributed by atoms with Gasteiger partial charge in [-0.1, -0.05) is 0 Å². The Morgan fingerprint density at radius 2 is 1.86 bits per heavy atom. The Bertz CT molecular complexity index is 91.9. The first-order valence-electron chi connectivity index (χ1n) is 2.27. The zero-order chi connectivity index (χ0) is 5.91. The molecule has 0 amide bonds. The molecule has 0 saturated carbocycles. The highest BCUT2D eigenvalue weighted by Gasteiger charge is 1.93. The molecular formula is C4H13N2P. The molecule has 0 atom stereocenters. The predicted octanol–water partition coefficient (Wildman–Crippen LogP) is 1.21. The van der Waals surface area contributed by atoms with Crippen LogP contribution in [-0.2, 0) is 0 Å². The minimum Gasteiger partial charge on any atom is -0.292 e. The van der Waals surface area contributed by atoms with E-state index in [2.05, 4.69) is 23.2 Å². The van der Waals surface area contributed by atoms with Gasteiger partial charge in [0.2, 0.25) is 0 Å². The molecule has 0 aliphatic heterocycles. The van der Waals surface area contributed by atoms with Gasteiger partial charge in [0.05, 0.1) is 0 Å². The molecule has 0 saturated heterocycles. The van der Waals surface area contributed by atoms with Gasteiger partial charge >= 0.3 is 0 Å². The van der Waals surface area contributed by atoms with Crippen LogP contribution >= 0.6 is 7.21 Å². The van der Waals surface area contributed by atoms with E-state index in [9.17, 15) is 0 Å². The van der Waals surface area contributed by atoms with E-state index in [1.54, 1.807) is 0 Å². The van der Waals surface area contributed by atoms with Crippen LogP contribution in [0.1, 0.15) is 0 Å². The summed E-state index contributed by atoms with van der Waals surface area (Å²) in [6.45, 7) is 4.26. The van der Waals surface area contributed by atoms with Crippen LogP contribution in [0.4, 0.5) is 0 Å². The monoisotopic (exact) mass is 120 g/mol. The largest absolute Gasteiger partial charge is 0.292 e. The lowest BCUT2D eigenvalue weighted by atomic mass is 11.6. The molecule has 0 rings (SSSR count). The summed E-state index contributed by atoms with van der Waals surface area (Å²) < 4.78 is 4.14. The van der Waals surface area contributed by atoms with Crippen molar-refractivity contribution in [2.75, 3.05) is 27.4 Å². The lowest BCUT2D eigenvalue weighted by molar-refractivity contribution is 1.23. The van der Waals surface area contributed by atoms with Crippen molar-refractivity contribution < 1.29 is 0 Å².